The van der Waals surface area contributed by atoms with Crippen LogP contribution >= 0.6 is 15.9 Å². The van der Waals surface area contributed by atoms with E-state index >= 15 is 0 Å². The minimum atomic E-state index is -4.48. The Morgan fingerprint density at radius 2 is 1.96 bits per heavy atom. The van der Waals surface area contributed by atoms with Gasteiger partial charge >= 0.3 is 6.18 Å². The molecule has 11 heteroatoms. The molecule has 6 nitrogen and oxygen atoms in total. The molecule has 1 N–H and O–H groups in total. The van der Waals surface area contributed by atoms with Crippen LogP contribution in [0.2, 0.25) is 0 Å². The highest BCUT2D eigenvalue weighted by atomic mass is 79.9. The summed E-state index contributed by atoms with van der Waals surface area (Å²) < 4.78 is 63.6. The fraction of sp³-hybridized carbons (Fsp3) is 0.214. The number of fused-ring (bicyclic) bond motifs is 1. The molecule has 0 radical (unpaired) electrons. The van der Waals surface area contributed by atoms with Crippen molar-refractivity contribution in [2.24, 2.45) is 0 Å². The zero-order valence-corrected chi connectivity index (χ0v) is 15.2. The third kappa shape index (κ3) is 3.44. The number of hydrazine groups is 2. The molecular weight excluding hydrogens is 425 g/mol. The van der Waals surface area contributed by atoms with E-state index in [-0.39, 0.29) is 16.5 Å². The lowest BCUT2D eigenvalue weighted by Gasteiger charge is -2.24. The highest BCUT2D eigenvalue weighted by Gasteiger charge is 2.36. The molecule has 0 unspecified atom stereocenters. The highest BCUT2D eigenvalue weighted by Crippen LogP contribution is 2.34. The molecule has 0 fully saturated rings. The Morgan fingerprint density at radius 1 is 1.24 bits per heavy atom. The third-order valence-corrected chi connectivity index (χ3v) is 5.69. The summed E-state index contributed by atoms with van der Waals surface area (Å²) in [7, 11) is -3.59. The van der Waals surface area contributed by atoms with Crippen LogP contribution < -0.4 is 10.5 Å². The molecule has 3 rings (SSSR count). The van der Waals surface area contributed by atoms with Crippen molar-refractivity contribution in [2.45, 2.75) is 18.0 Å². The lowest BCUT2D eigenvalue weighted by Crippen LogP contribution is -2.39. The topological polar surface area (TPSA) is 65.5 Å². The van der Waals surface area contributed by atoms with Crippen molar-refractivity contribution in [3.8, 4) is 0 Å². The summed E-state index contributed by atoms with van der Waals surface area (Å²) in [6.45, 7) is 1.50. The Morgan fingerprint density at radius 3 is 2.60 bits per heavy atom. The van der Waals surface area contributed by atoms with E-state index in [1.165, 1.54) is 36.5 Å². The molecule has 0 atom stereocenters. The summed E-state index contributed by atoms with van der Waals surface area (Å²) in [6, 6.07) is 1.41. The number of nitrogens with one attached hydrogen (secondary N) is 1. The minimum Gasteiger partial charge on any atom is -0.264 e. The molecule has 0 spiro atoms. The number of rotatable bonds is 3. The van der Waals surface area contributed by atoms with Gasteiger partial charge in [-0.15, -0.1) is 5.53 Å². The summed E-state index contributed by atoms with van der Waals surface area (Å²) in [5.41, 5.74) is 2.26. The quantitative estimate of drug-likeness (QED) is 0.785. The van der Waals surface area contributed by atoms with Crippen molar-refractivity contribution in [1.29, 1.82) is 0 Å². The van der Waals surface area contributed by atoms with Gasteiger partial charge in [0.2, 0.25) is 0 Å². The maximum absolute atomic E-state index is 12.8. The van der Waals surface area contributed by atoms with E-state index in [0.717, 1.165) is 17.3 Å². The second-order valence-corrected chi connectivity index (χ2v) is 8.35. The normalized spacial score (nSPS) is 17.5. The number of sulfone groups is 1. The molecular formula is C14H12BrF3N4O2S. The van der Waals surface area contributed by atoms with E-state index in [4.69, 9.17) is 0 Å². The molecule has 0 saturated carbocycles. The van der Waals surface area contributed by atoms with Gasteiger partial charge in [0.1, 0.15) is 4.90 Å². The standard InChI is InChI=1S/C14H12BrF3N4O2S/c1-2-25(23,24)12-5-10(15)6-19-13(12)22-8-11-4-3-9(14(16,17)18)7-21(11)20-22/h3-8,20H,2H2,1H3. The predicted molar refractivity (Wildman–Crippen MR) is 88.5 cm³/mol. The van der Waals surface area contributed by atoms with Crippen LogP contribution in [-0.2, 0) is 9.84 Å². The number of allylic oxidation sites excluding steroid dienone is 3. The van der Waals surface area contributed by atoms with Crippen LogP contribution in [-0.4, -0.2) is 30.3 Å². The first-order valence-electron chi connectivity index (χ1n) is 7.04. The first-order valence-corrected chi connectivity index (χ1v) is 9.48. The van der Waals surface area contributed by atoms with Gasteiger partial charge in [0.15, 0.2) is 15.7 Å². The predicted octanol–water partition coefficient (Wildman–Crippen LogP) is 3.04. The van der Waals surface area contributed by atoms with Crippen LogP contribution in [0.15, 0.2) is 57.5 Å². The van der Waals surface area contributed by atoms with Gasteiger partial charge in [-0.2, -0.15) is 13.2 Å². The summed E-state index contributed by atoms with van der Waals surface area (Å²) in [4.78, 5) is 4.07. The van der Waals surface area contributed by atoms with Crippen molar-refractivity contribution in [3.63, 3.8) is 0 Å². The third-order valence-electron chi connectivity index (χ3n) is 3.53. The van der Waals surface area contributed by atoms with E-state index in [1.54, 1.807) is 0 Å². The van der Waals surface area contributed by atoms with E-state index in [2.05, 4.69) is 26.4 Å². The summed E-state index contributed by atoms with van der Waals surface area (Å²) in [5, 5.41) is 2.42. The number of hydrogen-bond donors (Lipinski definition) is 1. The van der Waals surface area contributed by atoms with E-state index < -0.39 is 21.6 Å². The molecule has 2 aliphatic heterocycles. The van der Waals surface area contributed by atoms with Gasteiger partial charge in [-0.1, -0.05) is 6.92 Å². The van der Waals surface area contributed by atoms with Gasteiger partial charge < -0.3 is 0 Å². The molecule has 0 amide bonds. The molecule has 2 aliphatic rings. The van der Waals surface area contributed by atoms with Crippen LogP contribution in [0.4, 0.5) is 19.0 Å². The summed E-state index contributed by atoms with van der Waals surface area (Å²) in [5.74, 6) is -0.0631. The molecule has 1 aromatic rings. The fourth-order valence-electron chi connectivity index (χ4n) is 2.24. The maximum Gasteiger partial charge on any atom is 0.417 e. The summed E-state index contributed by atoms with van der Waals surface area (Å²) in [6.07, 6.45) is 1.51. The van der Waals surface area contributed by atoms with E-state index in [1.807, 2.05) is 0 Å². The Balaban J connectivity index is 1.99. The van der Waals surface area contributed by atoms with Gasteiger partial charge in [0, 0.05) is 16.9 Å². The largest absolute Gasteiger partial charge is 0.417 e. The first-order chi connectivity index (χ1) is 11.6. The van der Waals surface area contributed by atoms with Crippen LogP contribution in [0.1, 0.15) is 6.92 Å². The smallest absolute Gasteiger partial charge is 0.264 e. The molecule has 0 bridgehead atoms. The average molecular weight is 437 g/mol. The van der Waals surface area contributed by atoms with Crippen molar-refractivity contribution >= 4 is 31.6 Å². The first kappa shape index (κ1) is 18.0. The number of aromatic nitrogens is 1. The molecule has 134 valence electrons. The van der Waals surface area contributed by atoms with Gasteiger partial charge in [-0.3, -0.25) is 5.01 Å². The van der Waals surface area contributed by atoms with E-state index in [0.29, 0.717) is 10.2 Å². The second-order valence-electron chi connectivity index (χ2n) is 5.19. The molecule has 1 aromatic heterocycles. The SMILES string of the molecule is CCS(=O)(=O)c1cc(Br)cnc1N1C=C2C=CC(C(F)(F)F)=CN2N1. The number of halogens is 4. The second kappa shape index (κ2) is 6.15. The van der Waals surface area contributed by atoms with Crippen LogP contribution in [0, 0.1) is 0 Å². The maximum atomic E-state index is 12.8. The number of pyridine rings is 1. The van der Waals surface area contributed by atoms with Crippen molar-refractivity contribution in [2.75, 3.05) is 10.8 Å². The molecule has 25 heavy (non-hydrogen) atoms. The van der Waals surface area contributed by atoms with Crippen LogP contribution in [0.3, 0.4) is 0 Å². The van der Waals surface area contributed by atoms with Crippen LogP contribution in [0.25, 0.3) is 0 Å². The Bertz CT molecular complexity index is 909. The Labute approximate surface area is 150 Å². The monoisotopic (exact) mass is 436 g/mol. The minimum absolute atomic E-state index is 0.0300. The van der Waals surface area contributed by atoms with Crippen molar-refractivity contribution < 1.29 is 21.6 Å². The lowest BCUT2D eigenvalue weighted by atomic mass is 10.2. The number of hydrogen-bond acceptors (Lipinski definition) is 6. The average Bonchev–Trinajstić information content (AvgIpc) is 2.96. The summed E-state index contributed by atoms with van der Waals surface area (Å²) >= 11 is 3.18. The Hall–Kier alpha value is -1.85. The molecule has 3 heterocycles. The molecule has 0 aromatic carbocycles. The van der Waals surface area contributed by atoms with Gasteiger partial charge in [-0.05, 0) is 34.1 Å². The van der Waals surface area contributed by atoms with E-state index in [9.17, 15) is 21.6 Å². The van der Waals surface area contributed by atoms with Gasteiger partial charge in [0.05, 0.1) is 23.2 Å². The zero-order valence-electron chi connectivity index (χ0n) is 12.7. The lowest BCUT2D eigenvalue weighted by molar-refractivity contribution is -0.0895. The van der Waals surface area contributed by atoms with Gasteiger partial charge in [0.25, 0.3) is 0 Å². The van der Waals surface area contributed by atoms with Crippen molar-refractivity contribution in [1.82, 2.24) is 15.5 Å². The number of anilines is 1. The molecule has 0 saturated heterocycles. The number of nitrogens with zero attached hydrogens (tertiary/aromatic N) is 3. The van der Waals surface area contributed by atoms with Gasteiger partial charge in [-0.25, -0.2) is 18.4 Å². The Kier molecular flexibility index (Phi) is 4.41. The number of alkyl halides is 3. The van der Waals surface area contributed by atoms with Crippen LogP contribution in [0.5, 0.6) is 0 Å². The highest BCUT2D eigenvalue weighted by molar-refractivity contribution is 9.10. The fourth-order valence-corrected chi connectivity index (χ4v) is 3.77. The van der Waals surface area contributed by atoms with Crippen molar-refractivity contribution in [3.05, 3.63) is 52.6 Å². The molecule has 0 aliphatic carbocycles. The zero-order chi connectivity index (χ0) is 18.4.